The number of nitrogens with one attached hydrogen (secondary N) is 1. The number of ether oxygens (including phenoxy) is 1. The number of H-pyrrole nitrogens is 1. The molecule has 0 saturated heterocycles. The molecular weight excluding hydrogens is 537 g/mol. The Balaban J connectivity index is 1.49. The zero-order valence-electron chi connectivity index (χ0n) is 20.0. The molecule has 3 N–H and O–H groups in total. The lowest BCUT2D eigenvalue weighted by Crippen LogP contribution is -2.09. The predicted octanol–water partition coefficient (Wildman–Crippen LogP) is 6.04. The van der Waals surface area contributed by atoms with Crippen molar-refractivity contribution in [2.75, 3.05) is 6.61 Å². The van der Waals surface area contributed by atoms with E-state index in [9.17, 15) is 23.1 Å². The van der Waals surface area contributed by atoms with Crippen LogP contribution in [0.3, 0.4) is 0 Å². The molecule has 5 rings (SSSR count). The number of carboxylic acids is 1. The van der Waals surface area contributed by atoms with Crippen LogP contribution in [0.4, 0.5) is 13.2 Å². The minimum absolute atomic E-state index is 0.212. The third-order valence-electron chi connectivity index (χ3n) is 6.02. The van der Waals surface area contributed by atoms with Gasteiger partial charge in [0, 0.05) is 16.1 Å². The first kappa shape index (κ1) is 26.1. The second kappa shape index (κ2) is 10.3. The second-order valence-corrected chi connectivity index (χ2v) is 9.12. The molecule has 0 aliphatic rings. The molecule has 39 heavy (non-hydrogen) atoms. The molecule has 5 aromatic rings. The molecule has 3 aromatic carbocycles. The Bertz CT molecular complexity index is 1650. The van der Waals surface area contributed by atoms with Crippen molar-refractivity contribution in [3.8, 4) is 28.8 Å². The number of aromatic nitrogens is 4. The van der Waals surface area contributed by atoms with E-state index < -0.39 is 24.3 Å². The van der Waals surface area contributed by atoms with E-state index in [0.717, 1.165) is 17.7 Å². The van der Waals surface area contributed by atoms with Crippen LogP contribution in [0.1, 0.15) is 16.7 Å². The van der Waals surface area contributed by atoms with Gasteiger partial charge in [0.15, 0.2) is 6.61 Å². The van der Waals surface area contributed by atoms with Crippen LogP contribution >= 0.6 is 11.6 Å². The number of hydrogen-bond acceptors (Lipinski definition) is 5. The number of rotatable bonds is 8. The molecule has 0 aliphatic heterocycles. The zero-order chi connectivity index (χ0) is 27.7. The molecular formula is C27H20ClF3N4O4. The number of fused-ring (bicyclic) bond motifs is 1. The van der Waals surface area contributed by atoms with E-state index in [-0.39, 0.29) is 11.8 Å². The van der Waals surface area contributed by atoms with Crippen molar-refractivity contribution in [2.45, 2.75) is 19.0 Å². The summed E-state index contributed by atoms with van der Waals surface area (Å²) in [4.78, 5) is 18.2. The molecule has 8 nitrogen and oxygen atoms in total. The number of carbonyl (C=O) groups is 1. The second-order valence-electron chi connectivity index (χ2n) is 8.69. The van der Waals surface area contributed by atoms with Crippen molar-refractivity contribution >= 4 is 28.6 Å². The normalized spacial score (nSPS) is 11.7. The summed E-state index contributed by atoms with van der Waals surface area (Å²) >= 11 is 6.06. The van der Waals surface area contributed by atoms with E-state index in [0.29, 0.717) is 51.5 Å². The van der Waals surface area contributed by atoms with Crippen LogP contribution < -0.4 is 4.74 Å². The number of imidazole rings is 1. The number of aliphatic carboxylic acids is 1. The van der Waals surface area contributed by atoms with E-state index in [1.165, 1.54) is 16.8 Å². The monoisotopic (exact) mass is 556 g/mol. The van der Waals surface area contributed by atoms with Crippen LogP contribution in [0.5, 0.6) is 11.6 Å². The average Bonchev–Trinajstić information content (AvgIpc) is 3.46. The Hall–Kier alpha value is -4.51. The van der Waals surface area contributed by atoms with Crippen molar-refractivity contribution in [3.05, 3.63) is 88.4 Å². The number of aromatic hydroxyl groups is 1. The summed E-state index contributed by atoms with van der Waals surface area (Å²) in [6, 6.07) is 16.4. The number of aryl methyl sites for hydroxylation is 1. The molecule has 12 heteroatoms. The summed E-state index contributed by atoms with van der Waals surface area (Å²) in [5, 5.41) is 24.9. The lowest BCUT2D eigenvalue weighted by Gasteiger charge is -2.08. The number of carboxylic acid groups (broad SMARTS) is 1. The first-order chi connectivity index (χ1) is 18.6. The van der Waals surface area contributed by atoms with E-state index in [1.807, 2.05) is 0 Å². The fraction of sp³-hybridized carbons (Fsp3) is 0.148. The van der Waals surface area contributed by atoms with Gasteiger partial charge in [-0.1, -0.05) is 35.9 Å². The van der Waals surface area contributed by atoms with Crippen LogP contribution in [0.25, 0.3) is 28.2 Å². The van der Waals surface area contributed by atoms with Gasteiger partial charge in [0.25, 0.3) is 0 Å². The molecule has 0 atom stereocenters. The van der Waals surface area contributed by atoms with Crippen molar-refractivity contribution < 1.29 is 32.9 Å². The van der Waals surface area contributed by atoms with E-state index >= 15 is 0 Å². The topological polar surface area (TPSA) is 113 Å². The highest BCUT2D eigenvalue weighted by atomic mass is 35.5. The van der Waals surface area contributed by atoms with Crippen molar-refractivity contribution in [3.63, 3.8) is 0 Å². The summed E-state index contributed by atoms with van der Waals surface area (Å²) < 4.78 is 45.7. The number of hydrogen-bond donors (Lipinski definition) is 3. The maximum atomic E-state index is 13.1. The molecule has 0 saturated carbocycles. The molecule has 2 heterocycles. The molecule has 0 aliphatic carbocycles. The van der Waals surface area contributed by atoms with Gasteiger partial charge in [0.05, 0.1) is 16.6 Å². The van der Waals surface area contributed by atoms with Gasteiger partial charge in [-0.05, 0) is 60.9 Å². The van der Waals surface area contributed by atoms with Gasteiger partial charge in [0.2, 0.25) is 11.8 Å². The van der Waals surface area contributed by atoms with E-state index in [4.69, 9.17) is 21.4 Å². The Labute approximate surface area is 224 Å². The van der Waals surface area contributed by atoms with Crippen LogP contribution in [0.15, 0.2) is 66.7 Å². The van der Waals surface area contributed by atoms with Gasteiger partial charge in [-0.15, -0.1) is 0 Å². The van der Waals surface area contributed by atoms with Crippen molar-refractivity contribution in [1.29, 1.82) is 0 Å². The highest BCUT2D eigenvalue weighted by Crippen LogP contribution is 2.35. The third-order valence-corrected chi connectivity index (χ3v) is 6.26. The Morgan fingerprint density at radius 3 is 2.41 bits per heavy atom. The van der Waals surface area contributed by atoms with Gasteiger partial charge in [0.1, 0.15) is 11.4 Å². The largest absolute Gasteiger partial charge is 0.493 e. The van der Waals surface area contributed by atoms with Gasteiger partial charge in [-0.25, -0.2) is 9.78 Å². The number of alkyl halides is 3. The minimum atomic E-state index is -4.49. The van der Waals surface area contributed by atoms with Crippen LogP contribution in [0.2, 0.25) is 5.02 Å². The molecule has 0 radical (unpaired) electrons. The Kier molecular flexibility index (Phi) is 6.92. The lowest BCUT2D eigenvalue weighted by atomic mass is 10.00. The highest BCUT2D eigenvalue weighted by Gasteiger charge is 2.30. The maximum Gasteiger partial charge on any atom is 0.416 e. The standard InChI is InChI=1S/C27H20ClF3N4O4/c28-18-8-12-21-22(13-18)33-26(32-21)35-25(38)20(11-3-15-1-9-19(10-2-15)39-14-23(36)37)24(34-35)16-4-6-17(7-5-16)27(29,30)31/h1-2,4-10,12-13,38H,3,11,14H2,(H,32,33)(H,36,37). The smallest absolute Gasteiger partial charge is 0.416 e. The number of aromatic amines is 1. The Morgan fingerprint density at radius 1 is 1.03 bits per heavy atom. The average molecular weight is 557 g/mol. The first-order valence-electron chi connectivity index (χ1n) is 11.7. The lowest BCUT2D eigenvalue weighted by molar-refractivity contribution is -0.139. The third kappa shape index (κ3) is 5.68. The molecule has 0 amide bonds. The van der Waals surface area contributed by atoms with Crippen molar-refractivity contribution in [1.82, 2.24) is 19.7 Å². The molecule has 0 bridgehead atoms. The summed E-state index contributed by atoms with van der Waals surface area (Å²) in [5.74, 6) is -0.692. The van der Waals surface area contributed by atoms with Crippen LogP contribution in [-0.2, 0) is 23.8 Å². The van der Waals surface area contributed by atoms with Gasteiger partial charge < -0.3 is 19.9 Å². The fourth-order valence-electron chi connectivity index (χ4n) is 4.10. The SMILES string of the molecule is O=C(O)COc1ccc(CCc2c(-c3ccc(C(F)(F)F)cc3)nn(-c3nc4cc(Cl)ccc4[nH]3)c2O)cc1. The molecule has 2 aromatic heterocycles. The summed E-state index contributed by atoms with van der Waals surface area (Å²) in [6.45, 7) is -0.461. The molecule has 0 spiro atoms. The van der Waals surface area contributed by atoms with Gasteiger partial charge in [-0.3, -0.25) is 0 Å². The van der Waals surface area contributed by atoms with E-state index in [2.05, 4.69) is 15.1 Å². The minimum Gasteiger partial charge on any atom is -0.493 e. The molecule has 0 fully saturated rings. The van der Waals surface area contributed by atoms with Crippen LogP contribution in [0, 0.1) is 0 Å². The number of nitrogens with zero attached hydrogens (tertiary/aromatic N) is 3. The highest BCUT2D eigenvalue weighted by molar-refractivity contribution is 6.31. The first-order valence-corrected chi connectivity index (χ1v) is 12.0. The fourth-order valence-corrected chi connectivity index (χ4v) is 4.27. The maximum absolute atomic E-state index is 13.1. The van der Waals surface area contributed by atoms with Gasteiger partial charge >= 0.3 is 12.1 Å². The van der Waals surface area contributed by atoms with Gasteiger partial charge in [-0.2, -0.15) is 23.0 Å². The van der Waals surface area contributed by atoms with Crippen molar-refractivity contribution in [2.24, 2.45) is 0 Å². The number of halogens is 4. The number of benzene rings is 3. The summed E-state index contributed by atoms with van der Waals surface area (Å²) in [6.07, 6.45) is -3.75. The van der Waals surface area contributed by atoms with E-state index in [1.54, 1.807) is 42.5 Å². The quantitative estimate of drug-likeness (QED) is 0.215. The summed E-state index contributed by atoms with van der Waals surface area (Å²) in [5.41, 5.74) is 2.39. The molecule has 0 unspecified atom stereocenters. The summed E-state index contributed by atoms with van der Waals surface area (Å²) in [7, 11) is 0. The van der Waals surface area contributed by atoms with Crippen LogP contribution in [-0.4, -0.2) is 42.5 Å². The zero-order valence-corrected chi connectivity index (χ0v) is 20.8. The Morgan fingerprint density at radius 2 is 1.74 bits per heavy atom. The predicted molar refractivity (Wildman–Crippen MR) is 137 cm³/mol. The molecule has 200 valence electrons.